The highest BCUT2D eigenvalue weighted by Gasteiger charge is 2.48. The van der Waals surface area contributed by atoms with Crippen molar-refractivity contribution in [3.05, 3.63) is 29.8 Å². The predicted molar refractivity (Wildman–Crippen MR) is 73.3 cm³/mol. The zero-order valence-corrected chi connectivity index (χ0v) is 12.3. The van der Waals surface area contributed by atoms with Gasteiger partial charge in [0.2, 0.25) is 0 Å². The second-order valence-corrected chi connectivity index (χ2v) is 4.57. The zero-order chi connectivity index (χ0) is 16.0. The van der Waals surface area contributed by atoms with Gasteiger partial charge in [-0.05, 0) is 31.0 Å². The minimum Gasteiger partial charge on any atom is -0.494 e. The number of alkyl halides is 2. The van der Waals surface area contributed by atoms with E-state index in [1.165, 1.54) is 19.1 Å². The number of hydrogen-bond donors (Lipinski definition) is 1. The Labute approximate surface area is 122 Å². The maximum Gasteiger partial charge on any atom is 0.317 e. The van der Waals surface area contributed by atoms with Crippen LogP contribution in [0.15, 0.2) is 24.3 Å². The number of ether oxygens (including phenoxy) is 2. The largest absolute Gasteiger partial charge is 0.494 e. The Bertz CT molecular complexity index is 461. The van der Waals surface area contributed by atoms with E-state index in [0.717, 1.165) is 7.11 Å². The second-order valence-electron chi connectivity index (χ2n) is 4.57. The maximum absolute atomic E-state index is 13.2. The van der Waals surface area contributed by atoms with Crippen molar-refractivity contribution in [3.63, 3.8) is 0 Å². The first-order valence-corrected chi connectivity index (χ1v) is 6.72. The van der Waals surface area contributed by atoms with Gasteiger partial charge in [-0.1, -0.05) is 19.1 Å². The lowest BCUT2D eigenvalue weighted by molar-refractivity contribution is -0.170. The van der Waals surface area contributed by atoms with Crippen LogP contribution in [0, 0.1) is 5.92 Å². The van der Waals surface area contributed by atoms with Crippen molar-refractivity contribution in [2.45, 2.75) is 32.3 Å². The van der Waals surface area contributed by atoms with Gasteiger partial charge in [0.15, 0.2) is 5.92 Å². The summed E-state index contributed by atoms with van der Waals surface area (Å²) in [5.41, 5.74) is -1.77. The van der Waals surface area contributed by atoms with E-state index >= 15 is 0 Å². The topological polar surface area (TPSA) is 55.8 Å². The van der Waals surface area contributed by atoms with Gasteiger partial charge in [-0.2, -0.15) is 0 Å². The summed E-state index contributed by atoms with van der Waals surface area (Å²) in [5, 5.41) is 10.6. The molecule has 0 bridgehead atoms. The molecule has 1 aromatic rings. The maximum atomic E-state index is 13.2. The summed E-state index contributed by atoms with van der Waals surface area (Å²) >= 11 is 0. The zero-order valence-electron chi connectivity index (χ0n) is 12.3. The van der Waals surface area contributed by atoms with Crippen molar-refractivity contribution >= 4 is 5.97 Å². The molecule has 0 aliphatic rings. The standard InChI is InChI=1S/C15H20F2O4/c1-4-15(19,12(13(16)17)14(18)20-3)10-6-8-11(9-7-10)21-5-2/h6-9,12-13,19H,4-5H2,1-3H3. The van der Waals surface area contributed by atoms with Gasteiger partial charge in [0.1, 0.15) is 11.4 Å². The Kier molecular flexibility index (Phi) is 6.08. The Morgan fingerprint density at radius 2 is 1.86 bits per heavy atom. The monoisotopic (exact) mass is 302 g/mol. The summed E-state index contributed by atoms with van der Waals surface area (Å²) in [7, 11) is 1.02. The molecule has 0 aliphatic carbocycles. The molecule has 0 amide bonds. The van der Waals surface area contributed by atoms with Crippen LogP contribution in [0.3, 0.4) is 0 Å². The van der Waals surface area contributed by atoms with Crippen LogP contribution < -0.4 is 4.74 Å². The number of hydrogen-bond acceptors (Lipinski definition) is 4. The highest BCUT2D eigenvalue weighted by molar-refractivity contribution is 5.74. The third-order valence-electron chi connectivity index (χ3n) is 3.43. The highest BCUT2D eigenvalue weighted by atomic mass is 19.3. The second kappa shape index (κ2) is 7.36. The van der Waals surface area contributed by atoms with Crippen molar-refractivity contribution in [1.82, 2.24) is 0 Å². The van der Waals surface area contributed by atoms with E-state index in [1.54, 1.807) is 12.1 Å². The van der Waals surface area contributed by atoms with E-state index in [2.05, 4.69) is 4.74 Å². The van der Waals surface area contributed by atoms with E-state index < -0.39 is 23.9 Å². The van der Waals surface area contributed by atoms with Crippen LogP contribution in [0.4, 0.5) is 8.78 Å². The molecular formula is C15H20F2O4. The summed E-state index contributed by atoms with van der Waals surface area (Å²) in [5.74, 6) is -2.51. The first-order chi connectivity index (χ1) is 9.90. The van der Waals surface area contributed by atoms with Gasteiger partial charge in [-0.3, -0.25) is 4.79 Å². The van der Waals surface area contributed by atoms with Crippen LogP contribution in [-0.2, 0) is 15.1 Å². The van der Waals surface area contributed by atoms with E-state index in [4.69, 9.17) is 4.74 Å². The molecule has 118 valence electrons. The van der Waals surface area contributed by atoms with Gasteiger partial charge in [-0.15, -0.1) is 0 Å². The molecule has 0 aromatic heterocycles. The molecular weight excluding hydrogens is 282 g/mol. The molecule has 0 saturated heterocycles. The lowest BCUT2D eigenvalue weighted by Crippen LogP contribution is -2.44. The van der Waals surface area contributed by atoms with Crippen LogP contribution in [0.1, 0.15) is 25.8 Å². The number of benzene rings is 1. The molecule has 4 nitrogen and oxygen atoms in total. The molecule has 0 saturated carbocycles. The fraction of sp³-hybridized carbons (Fsp3) is 0.533. The molecule has 2 atom stereocenters. The molecule has 0 radical (unpaired) electrons. The quantitative estimate of drug-likeness (QED) is 0.787. The summed E-state index contributed by atoms with van der Waals surface area (Å²) in [6.45, 7) is 3.83. The third-order valence-corrected chi connectivity index (χ3v) is 3.43. The Balaban J connectivity index is 3.19. The molecule has 0 fully saturated rings. The lowest BCUT2D eigenvalue weighted by Gasteiger charge is -2.33. The van der Waals surface area contributed by atoms with Crippen molar-refractivity contribution in [2.24, 2.45) is 5.92 Å². The number of carbonyl (C=O) groups excluding carboxylic acids is 1. The number of carbonyl (C=O) groups is 1. The molecule has 0 aliphatic heterocycles. The van der Waals surface area contributed by atoms with Crippen LogP contribution in [0.25, 0.3) is 0 Å². The molecule has 6 heteroatoms. The first-order valence-electron chi connectivity index (χ1n) is 6.72. The average molecular weight is 302 g/mol. The summed E-state index contributed by atoms with van der Waals surface area (Å²) in [4.78, 5) is 11.6. The summed E-state index contributed by atoms with van der Waals surface area (Å²) in [6, 6.07) is 6.10. The lowest BCUT2D eigenvalue weighted by atomic mass is 9.79. The smallest absolute Gasteiger partial charge is 0.317 e. The number of methoxy groups -OCH3 is 1. The number of esters is 1. The number of halogens is 2. The molecule has 0 spiro atoms. The summed E-state index contributed by atoms with van der Waals surface area (Å²) < 4.78 is 36.1. The molecule has 21 heavy (non-hydrogen) atoms. The van der Waals surface area contributed by atoms with E-state index in [-0.39, 0.29) is 12.0 Å². The highest BCUT2D eigenvalue weighted by Crippen LogP contribution is 2.38. The normalized spacial score (nSPS) is 15.4. The minimum atomic E-state index is -3.03. The Hall–Kier alpha value is -1.69. The van der Waals surface area contributed by atoms with E-state index in [0.29, 0.717) is 12.4 Å². The molecule has 1 rings (SSSR count). The van der Waals surface area contributed by atoms with Gasteiger partial charge in [0, 0.05) is 0 Å². The van der Waals surface area contributed by atoms with Gasteiger partial charge < -0.3 is 14.6 Å². The Morgan fingerprint density at radius 3 is 2.24 bits per heavy atom. The fourth-order valence-corrected chi connectivity index (χ4v) is 2.24. The van der Waals surface area contributed by atoms with Gasteiger partial charge in [0.05, 0.1) is 13.7 Å². The number of aliphatic hydroxyl groups is 1. The van der Waals surface area contributed by atoms with Gasteiger partial charge in [0.25, 0.3) is 6.43 Å². The SMILES string of the molecule is CCOc1ccc(C(O)(CC)C(C(=O)OC)C(F)F)cc1. The van der Waals surface area contributed by atoms with Crippen molar-refractivity contribution in [1.29, 1.82) is 0 Å². The molecule has 2 unspecified atom stereocenters. The fourth-order valence-electron chi connectivity index (χ4n) is 2.24. The van der Waals surface area contributed by atoms with Crippen molar-refractivity contribution in [3.8, 4) is 5.75 Å². The van der Waals surface area contributed by atoms with E-state index in [9.17, 15) is 18.7 Å². The minimum absolute atomic E-state index is 0.0505. The van der Waals surface area contributed by atoms with Crippen LogP contribution >= 0.6 is 0 Å². The Morgan fingerprint density at radius 1 is 1.29 bits per heavy atom. The van der Waals surface area contributed by atoms with Crippen LogP contribution in [0.5, 0.6) is 5.75 Å². The van der Waals surface area contributed by atoms with Crippen molar-refractivity contribution < 1.29 is 28.2 Å². The van der Waals surface area contributed by atoms with Gasteiger partial charge >= 0.3 is 5.97 Å². The first kappa shape index (κ1) is 17.4. The predicted octanol–water partition coefficient (Wildman–Crippen LogP) is 2.74. The van der Waals surface area contributed by atoms with Crippen molar-refractivity contribution in [2.75, 3.05) is 13.7 Å². The van der Waals surface area contributed by atoms with Crippen LogP contribution in [-0.4, -0.2) is 31.2 Å². The average Bonchev–Trinajstić information content (AvgIpc) is 2.47. The molecule has 1 aromatic carbocycles. The molecule has 0 heterocycles. The van der Waals surface area contributed by atoms with Crippen LogP contribution in [0.2, 0.25) is 0 Å². The van der Waals surface area contributed by atoms with Gasteiger partial charge in [-0.25, -0.2) is 8.78 Å². The summed E-state index contributed by atoms with van der Waals surface area (Å²) in [6.07, 6.45) is -3.08. The molecule has 1 N–H and O–H groups in total. The van der Waals surface area contributed by atoms with E-state index in [1.807, 2.05) is 6.92 Å². The number of rotatable bonds is 7. The third kappa shape index (κ3) is 3.69.